The van der Waals surface area contributed by atoms with Gasteiger partial charge in [0.15, 0.2) is 0 Å². The van der Waals surface area contributed by atoms with E-state index in [9.17, 15) is 14.7 Å². The number of hydrogen-bond donors (Lipinski definition) is 2. The topological polar surface area (TPSA) is 88.5 Å². The third-order valence-electron chi connectivity index (χ3n) is 4.52. The van der Waals surface area contributed by atoms with Crippen LogP contribution in [0.15, 0.2) is 66.7 Å². The lowest BCUT2D eigenvalue weighted by Crippen LogP contribution is -2.16. The number of carbonyl (C=O) groups excluding carboxylic acids is 1. The summed E-state index contributed by atoms with van der Waals surface area (Å²) in [6.07, 6.45) is -0.0283. The highest BCUT2D eigenvalue weighted by Gasteiger charge is 2.13. The molecule has 3 aromatic rings. The Labute approximate surface area is 175 Å². The minimum absolute atomic E-state index is 0.0283. The molecular weight excluding hydrogens is 380 g/mol. The maximum atomic E-state index is 12.4. The fraction of sp³-hybridized carbons (Fsp3) is 0.208. The van der Waals surface area contributed by atoms with Crippen LogP contribution in [0.1, 0.15) is 47.1 Å². The molecule has 0 unspecified atom stereocenters. The Morgan fingerprint density at radius 2 is 1.80 bits per heavy atom. The molecule has 0 aliphatic heterocycles. The largest absolute Gasteiger partial charge is 0.487 e. The lowest BCUT2D eigenvalue weighted by molar-refractivity contribution is -0.115. The van der Waals surface area contributed by atoms with Gasteiger partial charge in [0.25, 0.3) is 0 Å². The van der Waals surface area contributed by atoms with Gasteiger partial charge >= 0.3 is 5.97 Å². The van der Waals surface area contributed by atoms with E-state index in [0.29, 0.717) is 29.5 Å². The van der Waals surface area contributed by atoms with Gasteiger partial charge in [0.1, 0.15) is 12.4 Å². The van der Waals surface area contributed by atoms with Gasteiger partial charge in [0, 0.05) is 17.4 Å². The lowest BCUT2D eigenvalue weighted by Gasteiger charge is -2.11. The van der Waals surface area contributed by atoms with Gasteiger partial charge in [-0.2, -0.15) is 0 Å². The van der Waals surface area contributed by atoms with Gasteiger partial charge in [-0.3, -0.25) is 9.78 Å². The molecule has 2 N–H and O–H groups in total. The van der Waals surface area contributed by atoms with Crippen molar-refractivity contribution in [1.82, 2.24) is 4.98 Å². The van der Waals surface area contributed by atoms with Crippen molar-refractivity contribution >= 4 is 17.6 Å². The summed E-state index contributed by atoms with van der Waals surface area (Å²) in [6, 6.07) is 19.4. The molecule has 0 atom stereocenters. The zero-order valence-corrected chi connectivity index (χ0v) is 17.0. The highest BCUT2D eigenvalue weighted by molar-refractivity contribution is 5.96. The highest BCUT2D eigenvalue weighted by Crippen LogP contribution is 2.20. The second-order valence-electron chi connectivity index (χ2n) is 7.21. The van der Waals surface area contributed by atoms with Crippen molar-refractivity contribution in [3.63, 3.8) is 0 Å². The Balaban J connectivity index is 1.62. The van der Waals surface area contributed by atoms with Crippen molar-refractivity contribution in [2.24, 2.45) is 0 Å². The molecule has 30 heavy (non-hydrogen) atoms. The van der Waals surface area contributed by atoms with Crippen LogP contribution < -0.4 is 10.1 Å². The molecule has 6 heteroatoms. The first kappa shape index (κ1) is 21.0. The van der Waals surface area contributed by atoms with Gasteiger partial charge in [0.2, 0.25) is 5.91 Å². The minimum Gasteiger partial charge on any atom is -0.487 e. The standard InChI is InChI=1S/C24H24N2O4/c1-16(2)22-12-6-9-19(25-22)15-30-20-10-5-8-18(14-20)26-23(27)13-17-7-3-4-11-21(17)24(28)29/h3-12,14,16H,13,15H2,1-2H3,(H,26,27)(H,28,29). The molecule has 0 bridgehead atoms. The molecule has 154 valence electrons. The molecule has 3 rings (SSSR count). The Morgan fingerprint density at radius 3 is 2.57 bits per heavy atom. The summed E-state index contributed by atoms with van der Waals surface area (Å²) in [5, 5.41) is 12.0. The molecule has 0 saturated carbocycles. The van der Waals surface area contributed by atoms with Crippen molar-refractivity contribution in [2.45, 2.75) is 32.8 Å². The Bertz CT molecular complexity index is 1050. The van der Waals surface area contributed by atoms with Crippen molar-refractivity contribution in [2.75, 3.05) is 5.32 Å². The van der Waals surface area contributed by atoms with Crippen LogP contribution in [0.4, 0.5) is 5.69 Å². The predicted octanol–water partition coefficient (Wildman–Crippen LogP) is 4.66. The number of ether oxygens (including phenoxy) is 1. The molecule has 0 radical (unpaired) electrons. The number of hydrogen-bond acceptors (Lipinski definition) is 4. The lowest BCUT2D eigenvalue weighted by atomic mass is 10.0. The number of carbonyl (C=O) groups is 2. The molecular formula is C24H24N2O4. The van der Waals surface area contributed by atoms with E-state index in [-0.39, 0.29) is 17.9 Å². The average molecular weight is 404 g/mol. The maximum absolute atomic E-state index is 12.4. The van der Waals surface area contributed by atoms with Gasteiger partial charge < -0.3 is 15.2 Å². The molecule has 2 aromatic carbocycles. The number of carboxylic acid groups (broad SMARTS) is 1. The number of rotatable bonds is 8. The summed E-state index contributed by atoms with van der Waals surface area (Å²) in [6.45, 7) is 4.51. The first-order chi connectivity index (χ1) is 14.4. The van der Waals surface area contributed by atoms with E-state index in [1.54, 1.807) is 36.4 Å². The Hall–Kier alpha value is -3.67. The second kappa shape index (κ2) is 9.69. The van der Waals surface area contributed by atoms with Crippen LogP contribution in [-0.2, 0) is 17.8 Å². The zero-order valence-electron chi connectivity index (χ0n) is 17.0. The predicted molar refractivity (Wildman–Crippen MR) is 115 cm³/mol. The van der Waals surface area contributed by atoms with Crippen LogP contribution in [0.25, 0.3) is 0 Å². The third kappa shape index (κ3) is 5.67. The zero-order chi connectivity index (χ0) is 21.5. The summed E-state index contributed by atoms with van der Waals surface area (Å²) in [7, 11) is 0. The first-order valence-corrected chi connectivity index (χ1v) is 9.72. The van der Waals surface area contributed by atoms with Gasteiger partial charge in [-0.25, -0.2) is 4.79 Å². The van der Waals surface area contributed by atoms with Crippen LogP contribution in [0, 0.1) is 0 Å². The third-order valence-corrected chi connectivity index (χ3v) is 4.52. The first-order valence-electron chi connectivity index (χ1n) is 9.72. The number of anilines is 1. The minimum atomic E-state index is -1.05. The van der Waals surface area contributed by atoms with Crippen LogP contribution in [0.5, 0.6) is 5.75 Å². The molecule has 0 aliphatic carbocycles. The summed E-state index contributed by atoms with van der Waals surface area (Å²) in [4.78, 5) is 28.3. The summed E-state index contributed by atoms with van der Waals surface area (Å²) >= 11 is 0. The number of pyridine rings is 1. The maximum Gasteiger partial charge on any atom is 0.335 e. The SMILES string of the molecule is CC(C)c1cccc(COc2cccc(NC(=O)Cc3ccccc3C(=O)O)c2)n1. The van der Waals surface area contributed by atoms with E-state index in [1.807, 2.05) is 24.3 Å². The van der Waals surface area contributed by atoms with E-state index in [2.05, 4.69) is 24.1 Å². The summed E-state index contributed by atoms with van der Waals surface area (Å²) in [5.74, 6) is -0.402. The van der Waals surface area contributed by atoms with Crippen LogP contribution >= 0.6 is 0 Å². The number of amides is 1. The number of nitrogens with zero attached hydrogens (tertiary/aromatic N) is 1. The highest BCUT2D eigenvalue weighted by atomic mass is 16.5. The fourth-order valence-electron chi connectivity index (χ4n) is 2.98. The van der Waals surface area contributed by atoms with Crippen molar-refractivity contribution in [1.29, 1.82) is 0 Å². The smallest absolute Gasteiger partial charge is 0.335 e. The monoisotopic (exact) mass is 404 g/mol. The molecule has 0 fully saturated rings. The number of carboxylic acids is 1. The number of nitrogens with one attached hydrogen (secondary N) is 1. The summed E-state index contributed by atoms with van der Waals surface area (Å²) < 4.78 is 5.83. The van der Waals surface area contributed by atoms with Crippen molar-refractivity contribution < 1.29 is 19.4 Å². The second-order valence-corrected chi connectivity index (χ2v) is 7.21. The molecule has 0 spiro atoms. The van der Waals surface area contributed by atoms with E-state index >= 15 is 0 Å². The number of aromatic carboxylic acids is 1. The van der Waals surface area contributed by atoms with Crippen LogP contribution in [0.2, 0.25) is 0 Å². The van der Waals surface area contributed by atoms with E-state index < -0.39 is 5.97 Å². The van der Waals surface area contributed by atoms with E-state index in [4.69, 9.17) is 4.74 Å². The number of benzene rings is 2. The van der Waals surface area contributed by atoms with Gasteiger partial charge in [-0.1, -0.05) is 44.2 Å². The molecule has 1 amide bonds. The van der Waals surface area contributed by atoms with Crippen LogP contribution in [-0.4, -0.2) is 22.0 Å². The van der Waals surface area contributed by atoms with Crippen LogP contribution in [0.3, 0.4) is 0 Å². The van der Waals surface area contributed by atoms with Gasteiger partial charge in [-0.05, 0) is 41.8 Å². The normalized spacial score (nSPS) is 10.6. The fourth-order valence-corrected chi connectivity index (χ4v) is 2.98. The Morgan fingerprint density at radius 1 is 1.03 bits per heavy atom. The van der Waals surface area contributed by atoms with Gasteiger partial charge in [0.05, 0.1) is 17.7 Å². The Kier molecular flexibility index (Phi) is 6.80. The van der Waals surface area contributed by atoms with E-state index in [1.165, 1.54) is 6.07 Å². The quantitative estimate of drug-likeness (QED) is 0.570. The van der Waals surface area contributed by atoms with Crippen molar-refractivity contribution in [3.05, 3.63) is 89.2 Å². The van der Waals surface area contributed by atoms with E-state index in [0.717, 1.165) is 11.4 Å². The van der Waals surface area contributed by atoms with Crippen molar-refractivity contribution in [3.8, 4) is 5.75 Å². The molecule has 6 nitrogen and oxygen atoms in total. The molecule has 0 saturated heterocycles. The summed E-state index contributed by atoms with van der Waals surface area (Å²) in [5.41, 5.74) is 3.01. The number of aromatic nitrogens is 1. The molecule has 1 heterocycles. The molecule has 1 aromatic heterocycles. The van der Waals surface area contributed by atoms with Gasteiger partial charge in [-0.15, -0.1) is 0 Å². The molecule has 0 aliphatic rings. The average Bonchev–Trinajstić information content (AvgIpc) is 2.73.